The zero-order valence-corrected chi connectivity index (χ0v) is 8.44. The van der Waals surface area contributed by atoms with Gasteiger partial charge in [-0.15, -0.1) is 0 Å². The van der Waals surface area contributed by atoms with Gasteiger partial charge in [-0.25, -0.2) is 0 Å². The van der Waals surface area contributed by atoms with Crippen molar-refractivity contribution < 1.29 is 14.4 Å². The minimum absolute atomic E-state index is 0.0475. The number of nitrogens with zero attached hydrogens (tertiary/aromatic N) is 1. The summed E-state index contributed by atoms with van der Waals surface area (Å²) in [6, 6.07) is 0. The monoisotopic (exact) mass is 195 g/mol. The van der Waals surface area contributed by atoms with E-state index in [-0.39, 0.29) is 17.3 Å². The maximum Gasteiger partial charge on any atom is 0.307 e. The fraction of sp³-hybridized carbons (Fsp3) is 0.600. The molecule has 2 rings (SSSR count). The molecule has 1 aromatic heterocycles. The Balaban J connectivity index is 2.32. The average Bonchev–Trinajstić information content (AvgIpc) is 2.42. The van der Waals surface area contributed by atoms with Crippen molar-refractivity contribution in [2.75, 3.05) is 0 Å². The second-order valence-corrected chi connectivity index (χ2v) is 4.45. The molecule has 1 heterocycles. The number of hydrogen-bond acceptors (Lipinski definition) is 3. The lowest BCUT2D eigenvalue weighted by Gasteiger charge is -1.98. The Kier molecular flexibility index (Phi) is 1.71. The van der Waals surface area contributed by atoms with Crippen LogP contribution in [0.4, 0.5) is 0 Å². The minimum Gasteiger partial charge on any atom is -0.481 e. The Bertz CT molecular complexity index is 380. The Morgan fingerprint density at radius 2 is 2.29 bits per heavy atom. The fourth-order valence-electron chi connectivity index (χ4n) is 2.28. The molecule has 1 saturated carbocycles. The van der Waals surface area contributed by atoms with Gasteiger partial charge in [-0.1, -0.05) is 19.0 Å². The number of carboxylic acid groups (broad SMARTS) is 1. The quantitative estimate of drug-likeness (QED) is 0.781. The summed E-state index contributed by atoms with van der Waals surface area (Å²) in [5.41, 5.74) is 0.754. The summed E-state index contributed by atoms with van der Waals surface area (Å²) in [6.45, 7) is 5.74. The van der Waals surface area contributed by atoms with Crippen molar-refractivity contribution in [2.45, 2.75) is 26.7 Å². The van der Waals surface area contributed by atoms with Crippen LogP contribution in [0.5, 0.6) is 0 Å². The molecular weight excluding hydrogens is 182 g/mol. The van der Waals surface area contributed by atoms with Crippen molar-refractivity contribution >= 4 is 5.97 Å². The van der Waals surface area contributed by atoms with E-state index in [1.54, 1.807) is 6.20 Å². The third kappa shape index (κ3) is 1.06. The van der Waals surface area contributed by atoms with E-state index in [2.05, 4.69) is 5.16 Å². The summed E-state index contributed by atoms with van der Waals surface area (Å²) in [7, 11) is 0. The first-order valence-corrected chi connectivity index (χ1v) is 4.60. The molecule has 1 aliphatic rings. The highest BCUT2D eigenvalue weighted by molar-refractivity contribution is 5.77. The second-order valence-electron chi connectivity index (χ2n) is 4.45. The van der Waals surface area contributed by atoms with Gasteiger partial charge in [0, 0.05) is 11.5 Å². The van der Waals surface area contributed by atoms with Crippen LogP contribution in [0, 0.1) is 18.3 Å². The molecular formula is C10H13NO3. The zero-order chi connectivity index (χ0) is 10.5. The predicted molar refractivity (Wildman–Crippen MR) is 48.9 cm³/mol. The van der Waals surface area contributed by atoms with Gasteiger partial charge < -0.3 is 9.63 Å². The predicted octanol–water partition coefficient (Wildman–Crippen LogP) is 1.81. The molecule has 0 saturated heterocycles. The van der Waals surface area contributed by atoms with Crippen LogP contribution < -0.4 is 0 Å². The topological polar surface area (TPSA) is 63.3 Å². The lowest BCUT2D eigenvalue weighted by Crippen LogP contribution is -2.03. The van der Waals surface area contributed by atoms with Gasteiger partial charge in [0.1, 0.15) is 5.76 Å². The third-order valence-electron chi connectivity index (χ3n) is 3.22. The van der Waals surface area contributed by atoms with Crippen LogP contribution in [0.25, 0.3) is 0 Å². The summed E-state index contributed by atoms with van der Waals surface area (Å²) in [4.78, 5) is 10.9. The first kappa shape index (κ1) is 9.24. The number of aryl methyl sites for hydroxylation is 1. The zero-order valence-electron chi connectivity index (χ0n) is 8.44. The summed E-state index contributed by atoms with van der Waals surface area (Å²) >= 11 is 0. The normalized spacial score (nSPS) is 28.8. The molecule has 1 N–H and O–H groups in total. The standard InChI is InChI=1S/C10H13NO3/c1-5-6(4-11-14-5)7-8(9(12)13)10(7,2)3/h4,7-8H,1-3H3,(H,12,13). The lowest BCUT2D eigenvalue weighted by molar-refractivity contribution is -0.139. The molecule has 1 aromatic rings. The highest BCUT2D eigenvalue weighted by Crippen LogP contribution is 2.64. The molecule has 0 aliphatic heterocycles. The van der Waals surface area contributed by atoms with E-state index in [0.717, 1.165) is 11.3 Å². The van der Waals surface area contributed by atoms with E-state index in [4.69, 9.17) is 9.63 Å². The highest BCUT2D eigenvalue weighted by atomic mass is 16.5. The van der Waals surface area contributed by atoms with Crippen LogP contribution >= 0.6 is 0 Å². The van der Waals surface area contributed by atoms with E-state index in [1.165, 1.54) is 0 Å². The van der Waals surface area contributed by atoms with Gasteiger partial charge >= 0.3 is 5.97 Å². The van der Waals surface area contributed by atoms with E-state index in [1.807, 2.05) is 20.8 Å². The van der Waals surface area contributed by atoms with Gasteiger partial charge in [-0.2, -0.15) is 0 Å². The van der Waals surface area contributed by atoms with Gasteiger partial charge in [-0.3, -0.25) is 4.79 Å². The molecule has 0 spiro atoms. The van der Waals surface area contributed by atoms with Gasteiger partial charge in [0.15, 0.2) is 0 Å². The Morgan fingerprint density at radius 1 is 1.64 bits per heavy atom. The number of hydrogen-bond donors (Lipinski definition) is 1. The smallest absolute Gasteiger partial charge is 0.307 e. The van der Waals surface area contributed by atoms with Crippen molar-refractivity contribution in [2.24, 2.45) is 11.3 Å². The molecule has 0 bridgehead atoms. The Morgan fingerprint density at radius 3 is 2.64 bits per heavy atom. The number of carbonyl (C=O) groups is 1. The fourth-order valence-corrected chi connectivity index (χ4v) is 2.28. The highest BCUT2D eigenvalue weighted by Gasteiger charge is 2.63. The lowest BCUT2D eigenvalue weighted by atomic mass is 10.0. The van der Waals surface area contributed by atoms with Crippen molar-refractivity contribution in [1.29, 1.82) is 0 Å². The molecule has 1 aliphatic carbocycles. The van der Waals surface area contributed by atoms with Crippen molar-refractivity contribution in [1.82, 2.24) is 5.16 Å². The van der Waals surface area contributed by atoms with Crippen LogP contribution in [0.3, 0.4) is 0 Å². The van der Waals surface area contributed by atoms with Gasteiger partial charge in [0.2, 0.25) is 0 Å². The molecule has 14 heavy (non-hydrogen) atoms. The molecule has 1 fully saturated rings. The molecule has 0 amide bonds. The summed E-state index contributed by atoms with van der Waals surface area (Å²) < 4.78 is 4.94. The van der Waals surface area contributed by atoms with Gasteiger partial charge in [0.05, 0.1) is 12.1 Å². The molecule has 2 atom stereocenters. The van der Waals surface area contributed by atoms with Crippen LogP contribution in [-0.4, -0.2) is 16.2 Å². The maximum absolute atomic E-state index is 10.9. The molecule has 4 nitrogen and oxygen atoms in total. The molecule has 4 heteroatoms. The van der Waals surface area contributed by atoms with Crippen molar-refractivity contribution in [3.05, 3.63) is 17.5 Å². The van der Waals surface area contributed by atoms with Crippen LogP contribution in [0.15, 0.2) is 10.7 Å². The van der Waals surface area contributed by atoms with Crippen molar-refractivity contribution in [3.63, 3.8) is 0 Å². The van der Waals surface area contributed by atoms with Crippen LogP contribution in [0.1, 0.15) is 31.1 Å². The van der Waals surface area contributed by atoms with Crippen LogP contribution in [0.2, 0.25) is 0 Å². The van der Waals surface area contributed by atoms with Gasteiger partial charge in [0.25, 0.3) is 0 Å². The number of carboxylic acids is 1. The van der Waals surface area contributed by atoms with E-state index < -0.39 is 5.97 Å². The molecule has 76 valence electrons. The number of aromatic nitrogens is 1. The molecule has 2 unspecified atom stereocenters. The SMILES string of the molecule is Cc1oncc1C1C(C(=O)O)C1(C)C. The largest absolute Gasteiger partial charge is 0.481 e. The van der Waals surface area contributed by atoms with E-state index in [9.17, 15) is 4.79 Å². The van der Waals surface area contributed by atoms with E-state index >= 15 is 0 Å². The minimum atomic E-state index is -0.736. The van der Waals surface area contributed by atoms with Gasteiger partial charge in [-0.05, 0) is 12.3 Å². The van der Waals surface area contributed by atoms with Crippen LogP contribution in [-0.2, 0) is 4.79 Å². The first-order valence-electron chi connectivity index (χ1n) is 4.60. The third-order valence-corrected chi connectivity index (χ3v) is 3.22. The molecule has 0 radical (unpaired) electrons. The summed E-state index contributed by atoms with van der Waals surface area (Å²) in [5.74, 6) is -0.265. The average molecular weight is 195 g/mol. The second kappa shape index (κ2) is 2.59. The maximum atomic E-state index is 10.9. The Labute approximate surface area is 81.9 Å². The summed E-state index contributed by atoms with van der Waals surface area (Å²) in [6.07, 6.45) is 1.63. The Hall–Kier alpha value is -1.32. The summed E-state index contributed by atoms with van der Waals surface area (Å²) in [5, 5.41) is 12.7. The van der Waals surface area contributed by atoms with E-state index in [0.29, 0.717) is 0 Å². The van der Waals surface area contributed by atoms with Crippen molar-refractivity contribution in [3.8, 4) is 0 Å². The number of aliphatic carboxylic acids is 1. The molecule has 0 aromatic carbocycles. The first-order chi connectivity index (χ1) is 6.46. The number of rotatable bonds is 2.